The summed E-state index contributed by atoms with van der Waals surface area (Å²) in [7, 11) is 0. The normalized spacial score (nSPS) is 11.7. The van der Waals surface area contributed by atoms with Crippen LogP contribution in [0, 0.1) is 6.92 Å². The van der Waals surface area contributed by atoms with E-state index in [0.29, 0.717) is 34.8 Å². The first-order chi connectivity index (χ1) is 15.6. The molecule has 2 heterocycles. The van der Waals surface area contributed by atoms with E-state index in [0.717, 1.165) is 0 Å². The van der Waals surface area contributed by atoms with Gasteiger partial charge in [0.2, 0.25) is 5.95 Å². The molecule has 3 rings (SSSR count). The first-order valence-corrected chi connectivity index (χ1v) is 9.79. The van der Waals surface area contributed by atoms with E-state index in [-0.39, 0.29) is 30.2 Å². The Morgan fingerprint density at radius 3 is 2.36 bits per heavy atom. The molecule has 0 aliphatic carbocycles. The molecule has 0 aliphatic heterocycles. The number of nitrogens with one attached hydrogen (secondary N) is 2. The number of carbonyl (C=O) groups is 3. The van der Waals surface area contributed by atoms with Crippen LogP contribution in [0.15, 0.2) is 24.3 Å². The lowest BCUT2D eigenvalue weighted by Gasteiger charge is -2.14. The Labute approximate surface area is 187 Å². The van der Waals surface area contributed by atoms with Gasteiger partial charge in [-0.05, 0) is 37.6 Å². The number of hydrogen-bond donors (Lipinski definition) is 6. The van der Waals surface area contributed by atoms with Crippen molar-refractivity contribution in [2.45, 2.75) is 32.4 Å². The van der Waals surface area contributed by atoms with Crippen LogP contribution < -0.4 is 22.1 Å². The first kappa shape index (κ1) is 23.1. The van der Waals surface area contributed by atoms with Crippen molar-refractivity contribution in [3.8, 4) is 0 Å². The lowest BCUT2D eigenvalue weighted by molar-refractivity contribution is -0.140. The number of amides is 1. The number of benzene rings is 1. The van der Waals surface area contributed by atoms with Gasteiger partial charge >= 0.3 is 11.9 Å². The van der Waals surface area contributed by atoms with Crippen LogP contribution in [-0.4, -0.2) is 54.0 Å². The average molecular weight is 454 g/mol. The molecule has 13 nitrogen and oxygen atoms in total. The maximum Gasteiger partial charge on any atom is 0.326 e. The van der Waals surface area contributed by atoms with Gasteiger partial charge in [0.05, 0.1) is 17.9 Å². The second-order valence-electron chi connectivity index (χ2n) is 7.12. The van der Waals surface area contributed by atoms with E-state index >= 15 is 0 Å². The standard InChI is InChI=1S/C20H22N8O5/c1-9-13(25-15-16(21)27-20(22)28-17(15)24-9)8-23-11-4-2-10(3-5-11)18(31)26-12(19(32)33)6-7-14(29)30/h2-5,12,23H,6-8H2,1H3,(H,26,31)(H,29,30)(H,32,33)(H4,21,22,24,27,28). The fourth-order valence-electron chi connectivity index (χ4n) is 2.96. The summed E-state index contributed by atoms with van der Waals surface area (Å²) in [6, 6.07) is 5.02. The van der Waals surface area contributed by atoms with E-state index in [9.17, 15) is 19.5 Å². The van der Waals surface area contributed by atoms with E-state index in [2.05, 4.69) is 30.6 Å². The van der Waals surface area contributed by atoms with Gasteiger partial charge in [0.25, 0.3) is 5.91 Å². The summed E-state index contributed by atoms with van der Waals surface area (Å²) in [6.45, 7) is 2.08. The van der Waals surface area contributed by atoms with Crippen LogP contribution in [0.5, 0.6) is 0 Å². The quantitative estimate of drug-likeness (QED) is 0.261. The third-order valence-corrected chi connectivity index (χ3v) is 4.71. The number of carboxylic acid groups (broad SMARTS) is 2. The number of nitrogens with two attached hydrogens (primary N) is 2. The van der Waals surface area contributed by atoms with Crippen LogP contribution in [0.2, 0.25) is 0 Å². The number of aromatic nitrogens is 4. The number of rotatable bonds is 9. The number of aliphatic carboxylic acids is 2. The summed E-state index contributed by atoms with van der Waals surface area (Å²) in [5.41, 5.74) is 14.2. The van der Waals surface area contributed by atoms with Crippen molar-refractivity contribution in [3.05, 3.63) is 41.2 Å². The lowest BCUT2D eigenvalue weighted by atomic mass is 10.1. The number of carbonyl (C=O) groups excluding carboxylic acids is 1. The van der Waals surface area contributed by atoms with Gasteiger partial charge in [-0.3, -0.25) is 9.59 Å². The van der Waals surface area contributed by atoms with Gasteiger partial charge in [0, 0.05) is 17.7 Å². The molecule has 1 atom stereocenters. The Hall–Kier alpha value is -4.55. The van der Waals surface area contributed by atoms with Crippen LogP contribution >= 0.6 is 0 Å². The molecule has 1 unspecified atom stereocenters. The Balaban J connectivity index is 1.66. The number of hydrogen-bond acceptors (Lipinski definition) is 10. The smallest absolute Gasteiger partial charge is 0.326 e. The van der Waals surface area contributed by atoms with Gasteiger partial charge in [0.1, 0.15) is 6.04 Å². The Kier molecular flexibility index (Phi) is 6.81. The van der Waals surface area contributed by atoms with Gasteiger partial charge in [-0.15, -0.1) is 0 Å². The zero-order valence-corrected chi connectivity index (χ0v) is 17.6. The molecule has 8 N–H and O–H groups in total. The van der Waals surface area contributed by atoms with Crippen molar-refractivity contribution in [3.63, 3.8) is 0 Å². The van der Waals surface area contributed by atoms with Crippen molar-refractivity contribution < 1.29 is 24.6 Å². The number of carboxylic acids is 2. The zero-order valence-electron chi connectivity index (χ0n) is 17.6. The second-order valence-corrected chi connectivity index (χ2v) is 7.12. The summed E-state index contributed by atoms with van der Waals surface area (Å²) < 4.78 is 0. The molecule has 172 valence electrons. The minimum atomic E-state index is -1.30. The summed E-state index contributed by atoms with van der Waals surface area (Å²) in [5, 5.41) is 23.4. The van der Waals surface area contributed by atoms with Crippen molar-refractivity contribution in [1.29, 1.82) is 0 Å². The molecule has 13 heteroatoms. The van der Waals surface area contributed by atoms with Crippen LogP contribution in [0.1, 0.15) is 34.6 Å². The highest BCUT2D eigenvalue weighted by Gasteiger charge is 2.21. The Bertz CT molecular complexity index is 1220. The minimum Gasteiger partial charge on any atom is -0.481 e. The number of anilines is 3. The Morgan fingerprint density at radius 2 is 1.73 bits per heavy atom. The molecule has 0 radical (unpaired) electrons. The largest absolute Gasteiger partial charge is 0.481 e. The third kappa shape index (κ3) is 5.78. The first-order valence-electron chi connectivity index (χ1n) is 9.79. The molecule has 0 bridgehead atoms. The lowest BCUT2D eigenvalue weighted by Crippen LogP contribution is -2.41. The number of fused-ring (bicyclic) bond motifs is 1. The maximum absolute atomic E-state index is 12.3. The maximum atomic E-state index is 12.3. The predicted molar refractivity (Wildman–Crippen MR) is 118 cm³/mol. The van der Waals surface area contributed by atoms with Crippen LogP contribution in [0.3, 0.4) is 0 Å². The van der Waals surface area contributed by atoms with Gasteiger partial charge in [0.15, 0.2) is 17.0 Å². The molecule has 3 aromatic rings. The van der Waals surface area contributed by atoms with Crippen LogP contribution in [0.4, 0.5) is 17.5 Å². The van der Waals surface area contributed by atoms with E-state index in [1.165, 1.54) is 12.1 Å². The molecule has 33 heavy (non-hydrogen) atoms. The topological polar surface area (TPSA) is 219 Å². The van der Waals surface area contributed by atoms with Crippen molar-refractivity contribution in [2.75, 3.05) is 16.8 Å². The summed E-state index contributed by atoms with van der Waals surface area (Å²) in [4.78, 5) is 51.0. The van der Waals surface area contributed by atoms with Gasteiger partial charge in [-0.2, -0.15) is 9.97 Å². The molecule has 0 fully saturated rings. The van der Waals surface area contributed by atoms with Crippen molar-refractivity contribution in [2.24, 2.45) is 0 Å². The summed E-state index contributed by atoms with van der Waals surface area (Å²) in [6.07, 6.45) is -0.591. The van der Waals surface area contributed by atoms with E-state index in [4.69, 9.17) is 16.6 Å². The average Bonchev–Trinajstić information content (AvgIpc) is 2.75. The van der Waals surface area contributed by atoms with Gasteiger partial charge < -0.3 is 32.3 Å². The number of nitrogen functional groups attached to an aromatic ring is 2. The number of aryl methyl sites for hydroxylation is 1. The van der Waals surface area contributed by atoms with Crippen molar-refractivity contribution in [1.82, 2.24) is 25.3 Å². The van der Waals surface area contributed by atoms with E-state index < -0.39 is 23.9 Å². The van der Waals surface area contributed by atoms with Crippen LogP contribution in [0.25, 0.3) is 11.2 Å². The molecule has 0 spiro atoms. The van der Waals surface area contributed by atoms with E-state index in [1.54, 1.807) is 19.1 Å². The number of nitrogens with zero attached hydrogens (tertiary/aromatic N) is 4. The van der Waals surface area contributed by atoms with Gasteiger partial charge in [-0.25, -0.2) is 14.8 Å². The SMILES string of the molecule is Cc1nc2nc(N)nc(N)c2nc1CNc1ccc(C(=O)NC(CCC(=O)O)C(=O)O)cc1. The molecule has 0 saturated heterocycles. The molecule has 1 aromatic carbocycles. The van der Waals surface area contributed by atoms with E-state index in [1.807, 2.05) is 0 Å². The second kappa shape index (κ2) is 9.72. The predicted octanol–water partition coefficient (Wildman–Crippen LogP) is 0.553. The zero-order chi connectivity index (χ0) is 24.1. The Morgan fingerprint density at radius 1 is 1.03 bits per heavy atom. The fourth-order valence-corrected chi connectivity index (χ4v) is 2.96. The van der Waals surface area contributed by atoms with Crippen molar-refractivity contribution >= 4 is 46.5 Å². The minimum absolute atomic E-state index is 0.0141. The highest BCUT2D eigenvalue weighted by molar-refractivity contribution is 5.97. The molecule has 1 amide bonds. The highest BCUT2D eigenvalue weighted by atomic mass is 16.4. The molecule has 2 aromatic heterocycles. The monoisotopic (exact) mass is 454 g/mol. The fraction of sp³-hybridized carbons (Fsp3) is 0.250. The molecular weight excluding hydrogens is 432 g/mol. The molecule has 0 aliphatic rings. The summed E-state index contributed by atoms with van der Waals surface area (Å²) >= 11 is 0. The molecular formula is C20H22N8O5. The third-order valence-electron chi connectivity index (χ3n) is 4.71. The van der Waals surface area contributed by atoms with Gasteiger partial charge in [-0.1, -0.05) is 0 Å². The summed E-state index contributed by atoms with van der Waals surface area (Å²) in [5.74, 6) is -2.92. The molecule has 0 saturated carbocycles. The highest BCUT2D eigenvalue weighted by Crippen LogP contribution is 2.18. The van der Waals surface area contributed by atoms with Crippen LogP contribution in [-0.2, 0) is 16.1 Å².